The number of nitrogens with zero attached hydrogens (tertiary/aromatic N) is 1. The lowest BCUT2D eigenvalue weighted by Gasteiger charge is -2.36. The number of rotatable bonds is 5. The molecule has 1 aliphatic heterocycles. The highest BCUT2D eigenvalue weighted by Gasteiger charge is 2.27. The Kier molecular flexibility index (Phi) is 6.03. The minimum Gasteiger partial charge on any atom is -0.378 e. The Morgan fingerprint density at radius 1 is 1.52 bits per heavy atom. The lowest BCUT2D eigenvalue weighted by molar-refractivity contribution is -0.136. The van der Waals surface area contributed by atoms with Gasteiger partial charge in [0.05, 0.1) is 25.2 Å². The second kappa shape index (κ2) is 7.78. The van der Waals surface area contributed by atoms with Crippen LogP contribution in [-0.4, -0.2) is 43.2 Å². The first-order valence-electron chi connectivity index (χ1n) is 7.45. The molecular weight excluding hydrogens is 288 g/mol. The van der Waals surface area contributed by atoms with Crippen molar-refractivity contribution in [2.24, 2.45) is 0 Å². The Morgan fingerprint density at radius 2 is 2.33 bits per heavy atom. The predicted molar refractivity (Wildman–Crippen MR) is 84.5 cm³/mol. The van der Waals surface area contributed by atoms with Crippen LogP contribution in [-0.2, 0) is 9.53 Å². The minimum atomic E-state index is 0.0454. The number of hydrogen-bond donors (Lipinski definition) is 1. The third-order valence-electron chi connectivity index (χ3n) is 3.56. The molecule has 1 fully saturated rings. The van der Waals surface area contributed by atoms with Crippen LogP contribution in [0.1, 0.15) is 31.9 Å². The van der Waals surface area contributed by atoms with E-state index in [1.165, 1.54) is 0 Å². The zero-order valence-corrected chi connectivity index (χ0v) is 13.4. The molecule has 2 rings (SSSR count). The fourth-order valence-corrected chi connectivity index (χ4v) is 2.74. The highest BCUT2D eigenvalue weighted by atomic mass is 35.5. The lowest BCUT2D eigenvalue weighted by atomic mass is 10.0. The van der Waals surface area contributed by atoms with Crippen LogP contribution in [0, 0.1) is 0 Å². The smallest absolute Gasteiger partial charge is 0.225 e. The number of carbonyl (C=O) groups excluding carboxylic acids is 1. The zero-order chi connectivity index (χ0) is 15.2. The maximum Gasteiger partial charge on any atom is 0.225 e. The topological polar surface area (TPSA) is 41.6 Å². The average molecular weight is 311 g/mol. The summed E-state index contributed by atoms with van der Waals surface area (Å²) in [5.74, 6) is 0.141. The third-order valence-corrected chi connectivity index (χ3v) is 3.80. The van der Waals surface area contributed by atoms with E-state index < -0.39 is 0 Å². The number of halogens is 1. The summed E-state index contributed by atoms with van der Waals surface area (Å²) in [5, 5.41) is 4.05. The van der Waals surface area contributed by atoms with Gasteiger partial charge < -0.3 is 15.0 Å². The molecule has 5 heteroatoms. The van der Waals surface area contributed by atoms with Gasteiger partial charge in [0.1, 0.15) is 0 Å². The van der Waals surface area contributed by atoms with E-state index in [9.17, 15) is 4.79 Å². The second-order valence-corrected chi connectivity index (χ2v) is 5.97. The van der Waals surface area contributed by atoms with E-state index in [-0.39, 0.29) is 18.1 Å². The number of ether oxygens (including phenoxy) is 1. The summed E-state index contributed by atoms with van der Waals surface area (Å²) in [6.45, 7) is 6.74. The van der Waals surface area contributed by atoms with Crippen LogP contribution in [0.15, 0.2) is 24.3 Å². The van der Waals surface area contributed by atoms with Crippen LogP contribution < -0.4 is 5.32 Å². The fourth-order valence-electron chi connectivity index (χ4n) is 2.54. The van der Waals surface area contributed by atoms with Crippen molar-refractivity contribution in [2.75, 3.05) is 26.2 Å². The van der Waals surface area contributed by atoms with E-state index in [2.05, 4.69) is 5.32 Å². The first-order valence-corrected chi connectivity index (χ1v) is 7.83. The molecule has 1 unspecified atom stereocenters. The number of carbonyl (C=O) groups is 1. The first-order chi connectivity index (χ1) is 10.1. The summed E-state index contributed by atoms with van der Waals surface area (Å²) in [6, 6.07) is 7.78. The monoisotopic (exact) mass is 310 g/mol. The molecule has 0 bridgehead atoms. The molecular formula is C16H23ClN2O2. The SMILES string of the molecule is CC(C)OCCC(=O)N1CCNCC1c1cccc(Cl)c1. The summed E-state index contributed by atoms with van der Waals surface area (Å²) >= 11 is 6.07. The molecule has 1 saturated heterocycles. The summed E-state index contributed by atoms with van der Waals surface area (Å²) < 4.78 is 5.48. The second-order valence-electron chi connectivity index (χ2n) is 5.53. The number of piperazine rings is 1. The number of amides is 1. The van der Waals surface area contributed by atoms with Gasteiger partial charge in [-0.05, 0) is 31.5 Å². The molecule has 1 aliphatic rings. The van der Waals surface area contributed by atoms with Crippen molar-refractivity contribution in [3.8, 4) is 0 Å². The van der Waals surface area contributed by atoms with Crippen LogP contribution in [0.2, 0.25) is 5.02 Å². The van der Waals surface area contributed by atoms with Crippen LogP contribution in [0.5, 0.6) is 0 Å². The van der Waals surface area contributed by atoms with Crippen molar-refractivity contribution < 1.29 is 9.53 Å². The van der Waals surface area contributed by atoms with Crippen molar-refractivity contribution in [3.05, 3.63) is 34.9 Å². The molecule has 1 heterocycles. The zero-order valence-electron chi connectivity index (χ0n) is 12.6. The van der Waals surface area contributed by atoms with Crippen LogP contribution >= 0.6 is 11.6 Å². The Morgan fingerprint density at radius 3 is 3.05 bits per heavy atom. The summed E-state index contributed by atoms with van der Waals surface area (Å²) in [4.78, 5) is 14.4. The average Bonchev–Trinajstić information content (AvgIpc) is 2.47. The predicted octanol–water partition coefficient (Wildman–Crippen LogP) is 2.63. The number of benzene rings is 1. The van der Waals surface area contributed by atoms with Crippen molar-refractivity contribution in [1.29, 1.82) is 0 Å². The first kappa shape index (κ1) is 16.3. The highest BCUT2D eigenvalue weighted by Crippen LogP contribution is 2.25. The molecule has 1 aromatic rings. The number of hydrogen-bond acceptors (Lipinski definition) is 3. The molecule has 116 valence electrons. The van der Waals surface area contributed by atoms with Gasteiger partial charge in [0, 0.05) is 24.7 Å². The van der Waals surface area contributed by atoms with Gasteiger partial charge in [-0.25, -0.2) is 0 Å². The maximum absolute atomic E-state index is 12.4. The normalized spacial score (nSPS) is 19.0. The fraction of sp³-hybridized carbons (Fsp3) is 0.562. The van der Waals surface area contributed by atoms with Gasteiger partial charge in [-0.2, -0.15) is 0 Å². The van der Waals surface area contributed by atoms with Gasteiger partial charge in [-0.15, -0.1) is 0 Å². The quantitative estimate of drug-likeness (QED) is 0.909. The lowest BCUT2D eigenvalue weighted by Crippen LogP contribution is -2.48. The van der Waals surface area contributed by atoms with Crippen LogP contribution in [0.3, 0.4) is 0 Å². The van der Waals surface area contributed by atoms with E-state index in [0.717, 1.165) is 25.2 Å². The maximum atomic E-state index is 12.4. The molecule has 1 amide bonds. The molecule has 1 N–H and O–H groups in total. The molecule has 0 aliphatic carbocycles. The Labute approximate surface area is 131 Å². The van der Waals surface area contributed by atoms with Gasteiger partial charge >= 0.3 is 0 Å². The molecule has 0 spiro atoms. The molecule has 0 radical (unpaired) electrons. The molecule has 0 aromatic heterocycles. The number of nitrogens with one attached hydrogen (secondary N) is 1. The van der Waals surface area contributed by atoms with E-state index in [4.69, 9.17) is 16.3 Å². The Bertz CT molecular complexity index is 479. The summed E-state index contributed by atoms with van der Waals surface area (Å²) in [6.07, 6.45) is 0.583. The minimum absolute atomic E-state index is 0.0454. The van der Waals surface area contributed by atoms with Gasteiger partial charge in [0.15, 0.2) is 0 Å². The van der Waals surface area contributed by atoms with Crippen molar-refractivity contribution in [3.63, 3.8) is 0 Å². The van der Waals surface area contributed by atoms with E-state index in [0.29, 0.717) is 18.1 Å². The largest absolute Gasteiger partial charge is 0.378 e. The van der Waals surface area contributed by atoms with E-state index in [1.54, 1.807) is 0 Å². The van der Waals surface area contributed by atoms with E-state index >= 15 is 0 Å². The molecule has 1 aromatic carbocycles. The van der Waals surface area contributed by atoms with Crippen LogP contribution in [0.25, 0.3) is 0 Å². The molecule has 0 saturated carbocycles. The standard InChI is InChI=1S/C16H23ClN2O2/c1-12(2)21-9-6-16(20)19-8-7-18-11-15(19)13-4-3-5-14(17)10-13/h3-5,10,12,15,18H,6-9,11H2,1-2H3. The molecule has 1 atom stereocenters. The summed E-state index contributed by atoms with van der Waals surface area (Å²) in [7, 11) is 0. The highest BCUT2D eigenvalue weighted by molar-refractivity contribution is 6.30. The Balaban J connectivity index is 2.03. The van der Waals surface area contributed by atoms with Crippen molar-refractivity contribution in [2.45, 2.75) is 32.4 Å². The summed E-state index contributed by atoms with van der Waals surface area (Å²) in [5.41, 5.74) is 1.08. The van der Waals surface area contributed by atoms with Gasteiger partial charge in [0.25, 0.3) is 0 Å². The van der Waals surface area contributed by atoms with Gasteiger partial charge in [-0.1, -0.05) is 23.7 Å². The molecule has 4 nitrogen and oxygen atoms in total. The van der Waals surface area contributed by atoms with Crippen LogP contribution in [0.4, 0.5) is 0 Å². The Hall–Kier alpha value is -1.10. The van der Waals surface area contributed by atoms with Crippen molar-refractivity contribution >= 4 is 17.5 Å². The van der Waals surface area contributed by atoms with Gasteiger partial charge in [0.2, 0.25) is 5.91 Å². The third kappa shape index (κ3) is 4.70. The van der Waals surface area contributed by atoms with E-state index in [1.807, 2.05) is 43.0 Å². The van der Waals surface area contributed by atoms with Crippen molar-refractivity contribution in [1.82, 2.24) is 10.2 Å². The van der Waals surface area contributed by atoms with Gasteiger partial charge in [-0.3, -0.25) is 4.79 Å². The molecule has 21 heavy (non-hydrogen) atoms.